The third kappa shape index (κ3) is 3.34. The van der Waals surface area contributed by atoms with Gasteiger partial charge in [0.25, 0.3) is 10.1 Å². The lowest BCUT2D eigenvalue weighted by molar-refractivity contribution is 0.0524. The first-order valence-corrected chi connectivity index (χ1v) is 5.58. The summed E-state index contributed by atoms with van der Waals surface area (Å²) in [5, 5.41) is -0.287. The van der Waals surface area contributed by atoms with E-state index in [0.717, 1.165) is 6.07 Å². The minimum atomic E-state index is -2.80. The Morgan fingerprint density at radius 3 is 2.59 bits per heavy atom. The second-order valence-corrected chi connectivity index (χ2v) is 4.60. The van der Waals surface area contributed by atoms with Gasteiger partial charge in [-0.3, -0.25) is 4.79 Å². The van der Waals surface area contributed by atoms with E-state index in [1.54, 1.807) is 6.92 Å². The van der Waals surface area contributed by atoms with E-state index in [2.05, 4.69) is 4.74 Å². The van der Waals surface area contributed by atoms with Crippen molar-refractivity contribution in [3.63, 3.8) is 0 Å². The zero-order chi connectivity index (χ0) is 13.2. The summed E-state index contributed by atoms with van der Waals surface area (Å²) in [6.45, 7) is 1.65. The number of alkyl halides is 3. The molecule has 1 rings (SSSR count). The molecule has 0 fully saturated rings. The van der Waals surface area contributed by atoms with Crippen molar-refractivity contribution in [1.29, 1.82) is 0 Å². The van der Waals surface area contributed by atoms with Gasteiger partial charge in [0.05, 0.1) is 17.3 Å². The Balaban J connectivity index is 3.30. The summed E-state index contributed by atoms with van der Waals surface area (Å²) in [6, 6.07) is 0.954. The fraction of sp³-hybridized carbons (Fsp3) is 0.333. The molecule has 8 heteroatoms. The van der Waals surface area contributed by atoms with Crippen LogP contribution in [0.5, 0.6) is 0 Å². The van der Waals surface area contributed by atoms with E-state index in [1.165, 1.54) is 0 Å². The summed E-state index contributed by atoms with van der Waals surface area (Å²) < 4.78 is 15.0. The lowest BCUT2D eigenvalue weighted by Crippen LogP contribution is -2.23. The number of rotatable bonds is 3. The van der Waals surface area contributed by atoms with Crippen molar-refractivity contribution in [2.24, 2.45) is 0 Å². The van der Waals surface area contributed by atoms with Gasteiger partial charge in [-0.1, -0.05) is 34.8 Å². The van der Waals surface area contributed by atoms with Crippen molar-refractivity contribution in [3.05, 3.63) is 32.7 Å². The van der Waals surface area contributed by atoms with Gasteiger partial charge in [0, 0.05) is 0 Å². The molecule has 0 saturated heterocycles. The van der Waals surface area contributed by atoms with Crippen molar-refractivity contribution < 1.29 is 13.9 Å². The molecule has 0 spiro atoms. The molecule has 94 valence electrons. The summed E-state index contributed by atoms with van der Waals surface area (Å²) in [5.41, 5.74) is -1.80. The highest BCUT2D eigenvalue weighted by molar-refractivity contribution is 6.46. The van der Waals surface area contributed by atoms with Crippen molar-refractivity contribution >= 4 is 40.8 Å². The first-order chi connectivity index (χ1) is 7.77. The number of carbonyl (C=O) groups is 1. The Kier molecular flexibility index (Phi) is 4.41. The fourth-order valence-corrected chi connectivity index (χ4v) is 1.55. The molecule has 0 aliphatic rings. The number of aromatic amines is 1. The molecule has 0 saturated carbocycles. The summed E-state index contributed by atoms with van der Waals surface area (Å²) >= 11 is 16.0. The topological polar surface area (TPSA) is 59.2 Å². The molecule has 1 heterocycles. The average molecular weight is 303 g/mol. The Morgan fingerprint density at radius 1 is 1.59 bits per heavy atom. The number of pyridine rings is 1. The molecule has 0 aromatic carbocycles. The highest BCUT2D eigenvalue weighted by Gasteiger charge is 2.29. The SMILES string of the molecule is CCOC(=O)c1c(Cl)cc(C(F)(Cl)Cl)[nH]c1=O. The maximum atomic E-state index is 13.1. The molecular formula is C9H7Cl3FNO3. The van der Waals surface area contributed by atoms with Gasteiger partial charge in [0.1, 0.15) is 5.56 Å². The maximum absolute atomic E-state index is 13.1. The monoisotopic (exact) mass is 301 g/mol. The molecule has 0 radical (unpaired) electrons. The molecule has 0 amide bonds. The van der Waals surface area contributed by atoms with Gasteiger partial charge in [-0.2, -0.15) is 0 Å². The van der Waals surface area contributed by atoms with E-state index in [1.807, 2.05) is 4.98 Å². The number of halogens is 4. The van der Waals surface area contributed by atoms with Crippen LogP contribution in [0.4, 0.5) is 4.39 Å². The molecule has 0 unspecified atom stereocenters. The van der Waals surface area contributed by atoms with Crippen LogP contribution in [0.25, 0.3) is 0 Å². The summed E-state index contributed by atoms with van der Waals surface area (Å²) in [5.74, 6) is -0.904. The normalized spacial score (nSPS) is 11.4. The first-order valence-electron chi connectivity index (χ1n) is 4.44. The van der Waals surface area contributed by atoms with Crippen molar-refractivity contribution in [2.75, 3.05) is 6.61 Å². The van der Waals surface area contributed by atoms with Crippen molar-refractivity contribution in [3.8, 4) is 0 Å². The molecule has 0 aliphatic carbocycles. The molecule has 17 heavy (non-hydrogen) atoms. The predicted octanol–water partition coefficient (Wildman–Crippen LogP) is 2.76. The quantitative estimate of drug-likeness (QED) is 0.690. The highest BCUT2D eigenvalue weighted by Crippen LogP contribution is 2.34. The van der Waals surface area contributed by atoms with Crippen LogP contribution in [0.1, 0.15) is 23.0 Å². The van der Waals surface area contributed by atoms with Crippen LogP contribution in [0, 0.1) is 0 Å². The van der Waals surface area contributed by atoms with Gasteiger partial charge >= 0.3 is 5.97 Å². The molecule has 1 aromatic rings. The Bertz CT molecular complexity index is 495. The zero-order valence-electron chi connectivity index (χ0n) is 8.52. The first kappa shape index (κ1) is 14.3. The van der Waals surface area contributed by atoms with Crippen LogP contribution in [0.15, 0.2) is 10.9 Å². The molecule has 0 atom stereocenters. The third-order valence-electron chi connectivity index (χ3n) is 1.77. The van der Waals surface area contributed by atoms with E-state index in [9.17, 15) is 14.0 Å². The number of ether oxygens (including phenoxy) is 1. The van der Waals surface area contributed by atoms with Gasteiger partial charge in [-0.25, -0.2) is 9.18 Å². The second kappa shape index (κ2) is 5.25. The van der Waals surface area contributed by atoms with Crippen molar-refractivity contribution in [2.45, 2.75) is 11.5 Å². The van der Waals surface area contributed by atoms with Gasteiger partial charge in [-0.15, -0.1) is 0 Å². The van der Waals surface area contributed by atoms with E-state index in [0.29, 0.717) is 0 Å². The molecule has 0 bridgehead atoms. The lowest BCUT2D eigenvalue weighted by Gasteiger charge is -2.11. The number of esters is 1. The maximum Gasteiger partial charge on any atom is 0.345 e. The van der Waals surface area contributed by atoms with Crippen LogP contribution in [0.3, 0.4) is 0 Å². The number of hydrogen-bond acceptors (Lipinski definition) is 3. The van der Waals surface area contributed by atoms with Gasteiger partial charge < -0.3 is 9.72 Å². The van der Waals surface area contributed by atoms with Crippen LogP contribution >= 0.6 is 34.8 Å². The summed E-state index contributed by atoms with van der Waals surface area (Å²) in [7, 11) is 0. The van der Waals surface area contributed by atoms with E-state index in [4.69, 9.17) is 34.8 Å². The minimum absolute atomic E-state index is 0.0778. The second-order valence-electron chi connectivity index (χ2n) is 2.95. The standard InChI is InChI=1S/C9H7Cl3FNO3/c1-2-17-8(16)6-4(10)3-5(9(11,12)13)14-7(6)15/h3H,2H2,1H3,(H,14,15). The van der Waals surface area contributed by atoms with Crippen LogP contribution in [-0.4, -0.2) is 17.6 Å². The van der Waals surface area contributed by atoms with E-state index >= 15 is 0 Å². The van der Waals surface area contributed by atoms with Crippen LogP contribution < -0.4 is 5.56 Å². The van der Waals surface area contributed by atoms with E-state index in [-0.39, 0.29) is 11.6 Å². The molecular weight excluding hydrogens is 295 g/mol. The molecule has 1 aromatic heterocycles. The largest absolute Gasteiger partial charge is 0.462 e. The Morgan fingerprint density at radius 2 is 2.18 bits per heavy atom. The number of aromatic nitrogens is 1. The Hall–Kier alpha value is -0.780. The number of hydrogen-bond donors (Lipinski definition) is 1. The predicted molar refractivity (Wildman–Crippen MR) is 62.5 cm³/mol. The number of carbonyl (C=O) groups excluding carboxylic acids is 1. The third-order valence-corrected chi connectivity index (χ3v) is 2.48. The summed E-state index contributed by atoms with van der Waals surface area (Å²) in [6.07, 6.45) is 0. The number of nitrogens with one attached hydrogen (secondary N) is 1. The highest BCUT2D eigenvalue weighted by atomic mass is 35.5. The van der Waals surface area contributed by atoms with Crippen LogP contribution in [0.2, 0.25) is 5.02 Å². The Labute approximate surface area is 111 Å². The molecule has 0 aliphatic heterocycles. The van der Waals surface area contributed by atoms with Crippen molar-refractivity contribution in [1.82, 2.24) is 4.98 Å². The fourth-order valence-electron chi connectivity index (χ4n) is 1.07. The summed E-state index contributed by atoms with van der Waals surface area (Å²) in [4.78, 5) is 24.9. The smallest absolute Gasteiger partial charge is 0.345 e. The van der Waals surface area contributed by atoms with Crippen LogP contribution in [-0.2, 0) is 9.32 Å². The minimum Gasteiger partial charge on any atom is -0.462 e. The average Bonchev–Trinajstić information content (AvgIpc) is 2.15. The molecule has 4 nitrogen and oxygen atoms in total. The van der Waals surface area contributed by atoms with Gasteiger partial charge in [0.15, 0.2) is 0 Å². The van der Waals surface area contributed by atoms with Gasteiger partial charge in [-0.05, 0) is 13.0 Å². The molecule has 1 N–H and O–H groups in total. The lowest BCUT2D eigenvalue weighted by atomic mass is 10.2. The zero-order valence-corrected chi connectivity index (χ0v) is 10.8. The van der Waals surface area contributed by atoms with E-state index < -0.39 is 27.4 Å². The van der Waals surface area contributed by atoms with Gasteiger partial charge in [0.2, 0.25) is 0 Å². The number of H-pyrrole nitrogens is 1.